The normalized spacial score (nSPS) is 14.6. The standard InChI is InChI=1S/C11H11NO2S/c1-2-15-7-12-9-6-4-3-5-8(9)10(13)11(12)14/h3-6H,2,7H2,1H3. The van der Waals surface area contributed by atoms with E-state index in [1.165, 1.54) is 0 Å². The van der Waals surface area contributed by atoms with Crippen LogP contribution >= 0.6 is 11.8 Å². The van der Waals surface area contributed by atoms with Crippen LogP contribution in [0.25, 0.3) is 0 Å². The van der Waals surface area contributed by atoms with Crippen molar-refractivity contribution in [2.24, 2.45) is 0 Å². The van der Waals surface area contributed by atoms with Gasteiger partial charge in [-0.15, -0.1) is 11.8 Å². The van der Waals surface area contributed by atoms with Gasteiger partial charge in [0.15, 0.2) is 0 Å². The smallest absolute Gasteiger partial charge is 0.295 e. The zero-order chi connectivity index (χ0) is 10.8. The van der Waals surface area contributed by atoms with Crippen molar-refractivity contribution < 1.29 is 9.59 Å². The van der Waals surface area contributed by atoms with Crippen LogP contribution in [0, 0.1) is 0 Å². The summed E-state index contributed by atoms with van der Waals surface area (Å²) in [5, 5.41) is 0. The van der Waals surface area contributed by atoms with Crippen LogP contribution in [0.5, 0.6) is 0 Å². The first-order valence-corrected chi connectivity index (χ1v) is 5.94. The first kappa shape index (κ1) is 10.2. The Morgan fingerprint density at radius 2 is 2.00 bits per heavy atom. The minimum atomic E-state index is -0.405. The molecular formula is C11H11NO2S. The molecule has 1 heterocycles. The second-order valence-electron chi connectivity index (χ2n) is 3.20. The van der Waals surface area contributed by atoms with Gasteiger partial charge in [-0.2, -0.15) is 0 Å². The lowest BCUT2D eigenvalue weighted by atomic mass is 10.1. The number of rotatable bonds is 3. The van der Waals surface area contributed by atoms with Crippen LogP contribution in [0.3, 0.4) is 0 Å². The maximum Gasteiger partial charge on any atom is 0.300 e. The molecule has 1 amide bonds. The summed E-state index contributed by atoms with van der Waals surface area (Å²) in [5.41, 5.74) is 1.27. The first-order valence-electron chi connectivity index (χ1n) is 4.78. The molecular weight excluding hydrogens is 210 g/mol. The number of nitrogens with zero attached hydrogens (tertiary/aromatic N) is 1. The highest BCUT2D eigenvalue weighted by Gasteiger charge is 2.34. The van der Waals surface area contributed by atoms with E-state index in [1.807, 2.05) is 19.1 Å². The summed E-state index contributed by atoms with van der Waals surface area (Å²) < 4.78 is 0. The summed E-state index contributed by atoms with van der Waals surface area (Å²) in [7, 11) is 0. The summed E-state index contributed by atoms with van der Waals surface area (Å²) in [6.07, 6.45) is 0. The summed E-state index contributed by atoms with van der Waals surface area (Å²) in [5.74, 6) is 0.692. The zero-order valence-electron chi connectivity index (χ0n) is 8.40. The van der Waals surface area contributed by atoms with Gasteiger partial charge >= 0.3 is 0 Å². The van der Waals surface area contributed by atoms with E-state index >= 15 is 0 Å². The number of amides is 1. The maximum absolute atomic E-state index is 11.6. The Morgan fingerprint density at radius 1 is 1.27 bits per heavy atom. The number of para-hydroxylation sites is 1. The molecule has 1 aliphatic rings. The average molecular weight is 221 g/mol. The third-order valence-electron chi connectivity index (χ3n) is 2.30. The van der Waals surface area contributed by atoms with E-state index in [1.54, 1.807) is 28.8 Å². The number of hydrogen-bond acceptors (Lipinski definition) is 3. The zero-order valence-corrected chi connectivity index (χ0v) is 9.21. The van der Waals surface area contributed by atoms with Gasteiger partial charge in [-0.1, -0.05) is 19.1 Å². The largest absolute Gasteiger partial charge is 0.300 e. The van der Waals surface area contributed by atoms with Crippen molar-refractivity contribution in [3.05, 3.63) is 29.8 Å². The topological polar surface area (TPSA) is 37.4 Å². The Labute approximate surface area is 92.5 Å². The molecule has 0 N–H and O–H groups in total. The van der Waals surface area contributed by atoms with E-state index in [-0.39, 0.29) is 5.78 Å². The third kappa shape index (κ3) is 1.65. The van der Waals surface area contributed by atoms with Gasteiger partial charge in [-0.05, 0) is 17.9 Å². The second-order valence-corrected chi connectivity index (χ2v) is 4.45. The van der Waals surface area contributed by atoms with Crippen LogP contribution in [0.4, 0.5) is 5.69 Å². The van der Waals surface area contributed by atoms with Crippen molar-refractivity contribution in [3.63, 3.8) is 0 Å². The maximum atomic E-state index is 11.6. The summed E-state index contributed by atoms with van der Waals surface area (Å²) in [4.78, 5) is 24.7. The highest BCUT2D eigenvalue weighted by atomic mass is 32.2. The molecule has 1 aromatic carbocycles. The highest BCUT2D eigenvalue weighted by Crippen LogP contribution is 2.29. The second kappa shape index (κ2) is 4.06. The van der Waals surface area contributed by atoms with E-state index < -0.39 is 5.91 Å². The molecule has 0 unspecified atom stereocenters. The molecule has 15 heavy (non-hydrogen) atoms. The molecule has 0 atom stereocenters. The van der Waals surface area contributed by atoms with Crippen molar-refractivity contribution in [3.8, 4) is 0 Å². The van der Waals surface area contributed by atoms with E-state index in [0.717, 1.165) is 11.4 Å². The van der Waals surface area contributed by atoms with E-state index in [0.29, 0.717) is 11.4 Å². The molecule has 0 aliphatic carbocycles. The lowest BCUT2D eigenvalue weighted by molar-refractivity contribution is -0.114. The van der Waals surface area contributed by atoms with Gasteiger partial charge in [-0.3, -0.25) is 14.5 Å². The van der Waals surface area contributed by atoms with Crippen LogP contribution in [-0.4, -0.2) is 23.3 Å². The molecule has 0 radical (unpaired) electrons. The van der Waals surface area contributed by atoms with Crippen molar-refractivity contribution >= 4 is 29.1 Å². The van der Waals surface area contributed by atoms with Crippen LogP contribution in [0.15, 0.2) is 24.3 Å². The molecule has 0 bridgehead atoms. The number of benzene rings is 1. The van der Waals surface area contributed by atoms with Gasteiger partial charge < -0.3 is 0 Å². The fraction of sp³-hybridized carbons (Fsp3) is 0.273. The molecule has 1 aromatic rings. The Morgan fingerprint density at radius 3 is 2.73 bits per heavy atom. The molecule has 1 aliphatic heterocycles. The molecule has 3 nitrogen and oxygen atoms in total. The fourth-order valence-electron chi connectivity index (χ4n) is 1.56. The van der Waals surface area contributed by atoms with Crippen LogP contribution in [-0.2, 0) is 4.79 Å². The molecule has 0 aromatic heterocycles. The Hall–Kier alpha value is -1.29. The van der Waals surface area contributed by atoms with Gasteiger partial charge in [0.25, 0.3) is 11.7 Å². The summed E-state index contributed by atoms with van der Waals surface area (Å²) in [6, 6.07) is 7.13. The van der Waals surface area contributed by atoms with Crippen molar-refractivity contribution in [2.75, 3.05) is 16.5 Å². The predicted octanol–water partition coefficient (Wildman–Crippen LogP) is 1.93. The number of thioether (sulfide) groups is 1. The molecule has 78 valence electrons. The lowest BCUT2D eigenvalue weighted by Crippen LogP contribution is -2.29. The number of Topliss-reactive ketones (excluding diaryl/α,β-unsaturated/α-hetero) is 1. The molecule has 2 rings (SSSR count). The molecule has 0 saturated carbocycles. The van der Waals surface area contributed by atoms with Crippen molar-refractivity contribution in [1.82, 2.24) is 0 Å². The number of carbonyl (C=O) groups is 2. The van der Waals surface area contributed by atoms with Gasteiger partial charge in [0.2, 0.25) is 0 Å². The lowest BCUT2D eigenvalue weighted by Gasteiger charge is -2.14. The van der Waals surface area contributed by atoms with Crippen molar-refractivity contribution in [2.45, 2.75) is 6.92 Å². The fourth-order valence-corrected chi connectivity index (χ4v) is 2.18. The van der Waals surface area contributed by atoms with Gasteiger partial charge in [0.05, 0.1) is 17.1 Å². The molecule has 4 heteroatoms. The van der Waals surface area contributed by atoms with Gasteiger partial charge in [0.1, 0.15) is 0 Å². The quantitative estimate of drug-likeness (QED) is 0.732. The third-order valence-corrected chi connectivity index (χ3v) is 3.15. The van der Waals surface area contributed by atoms with E-state index in [9.17, 15) is 9.59 Å². The Bertz CT molecular complexity index is 417. The van der Waals surface area contributed by atoms with Gasteiger partial charge in [0, 0.05) is 0 Å². The molecule has 0 spiro atoms. The SMILES string of the molecule is CCSCN1C(=O)C(=O)c2ccccc21. The van der Waals surface area contributed by atoms with Crippen LogP contribution in [0.2, 0.25) is 0 Å². The van der Waals surface area contributed by atoms with Crippen LogP contribution in [0.1, 0.15) is 17.3 Å². The minimum Gasteiger partial charge on any atom is -0.295 e. The first-order chi connectivity index (χ1) is 7.25. The van der Waals surface area contributed by atoms with E-state index in [2.05, 4.69) is 0 Å². The number of anilines is 1. The minimum absolute atomic E-state index is 0.387. The van der Waals surface area contributed by atoms with Crippen LogP contribution < -0.4 is 4.90 Å². The van der Waals surface area contributed by atoms with Gasteiger partial charge in [-0.25, -0.2) is 0 Å². The number of hydrogen-bond donors (Lipinski definition) is 0. The predicted molar refractivity (Wildman–Crippen MR) is 61.3 cm³/mol. The Kier molecular flexibility index (Phi) is 2.77. The highest BCUT2D eigenvalue weighted by molar-refractivity contribution is 7.99. The molecule has 0 saturated heterocycles. The number of carbonyl (C=O) groups excluding carboxylic acids is 2. The molecule has 0 fully saturated rings. The van der Waals surface area contributed by atoms with E-state index in [4.69, 9.17) is 0 Å². The monoisotopic (exact) mass is 221 g/mol. The number of ketones is 1. The Balaban J connectivity index is 2.34. The van der Waals surface area contributed by atoms with Crippen molar-refractivity contribution in [1.29, 1.82) is 0 Å². The summed E-state index contributed by atoms with van der Waals surface area (Å²) >= 11 is 1.63. The number of fused-ring (bicyclic) bond motifs is 1. The average Bonchev–Trinajstić information content (AvgIpc) is 2.51. The summed E-state index contributed by atoms with van der Waals surface area (Å²) in [6.45, 7) is 2.03.